The van der Waals surface area contributed by atoms with Crippen LogP contribution in [0, 0.1) is 5.82 Å². The van der Waals surface area contributed by atoms with Crippen LogP contribution in [-0.2, 0) is 0 Å². The fourth-order valence-electron chi connectivity index (χ4n) is 2.86. The van der Waals surface area contributed by atoms with Crippen molar-refractivity contribution in [2.75, 3.05) is 0 Å². The van der Waals surface area contributed by atoms with Gasteiger partial charge < -0.3 is 4.57 Å². The molecule has 0 N–H and O–H groups in total. The molecule has 102 valence electrons. The molecular weight excluding hydrogens is 285 g/mol. The number of para-hydroxylation sites is 2. The molecule has 0 saturated carbocycles. The molecule has 0 unspecified atom stereocenters. The molecule has 1 heterocycles. The summed E-state index contributed by atoms with van der Waals surface area (Å²) in [5.41, 5.74) is 2.39. The highest BCUT2D eigenvalue weighted by atomic mass is 35.5. The number of hydrogen-bond acceptors (Lipinski definition) is 0. The maximum atomic E-state index is 14.5. The Morgan fingerprint density at radius 3 is 2.33 bits per heavy atom. The van der Waals surface area contributed by atoms with Crippen LogP contribution in [0.5, 0.6) is 0 Å². The van der Waals surface area contributed by atoms with Gasteiger partial charge in [-0.25, -0.2) is 4.39 Å². The van der Waals surface area contributed by atoms with Gasteiger partial charge in [0.25, 0.3) is 0 Å². The Morgan fingerprint density at radius 2 is 1.52 bits per heavy atom. The van der Waals surface area contributed by atoms with E-state index in [0.717, 1.165) is 22.0 Å². The van der Waals surface area contributed by atoms with Crippen LogP contribution >= 0.6 is 11.6 Å². The first kappa shape index (κ1) is 12.4. The highest BCUT2D eigenvalue weighted by molar-refractivity contribution is 6.38. The lowest BCUT2D eigenvalue weighted by Crippen LogP contribution is -1.95. The molecule has 0 radical (unpaired) electrons. The van der Waals surface area contributed by atoms with E-state index in [4.69, 9.17) is 11.6 Å². The topological polar surface area (TPSA) is 4.93 Å². The molecule has 0 spiro atoms. The summed E-state index contributed by atoms with van der Waals surface area (Å²) in [5.74, 6) is -0.269. The standard InChI is InChI=1S/C18H11ClFN/c19-14-10-11-15(20)18-17(14)13-8-4-5-9-16(13)21(18)12-6-2-1-3-7-12/h1-11H. The predicted molar refractivity (Wildman–Crippen MR) is 85.7 cm³/mol. The summed E-state index contributed by atoms with van der Waals surface area (Å²) in [6, 6.07) is 20.6. The Bertz CT molecular complexity index is 957. The van der Waals surface area contributed by atoms with Gasteiger partial charge in [0.1, 0.15) is 5.82 Å². The molecule has 0 aliphatic rings. The minimum Gasteiger partial charge on any atom is -0.306 e. The van der Waals surface area contributed by atoms with Gasteiger partial charge in [0.2, 0.25) is 0 Å². The second kappa shape index (κ2) is 4.61. The van der Waals surface area contributed by atoms with Gasteiger partial charge in [0.05, 0.1) is 16.1 Å². The van der Waals surface area contributed by atoms with Gasteiger partial charge >= 0.3 is 0 Å². The summed E-state index contributed by atoms with van der Waals surface area (Å²) in [5, 5.41) is 2.29. The van der Waals surface area contributed by atoms with Crippen molar-refractivity contribution in [1.82, 2.24) is 4.57 Å². The third kappa shape index (κ3) is 1.76. The van der Waals surface area contributed by atoms with E-state index in [1.807, 2.05) is 59.2 Å². The van der Waals surface area contributed by atoms with Crippen molar-refractivity contribution in [3.05, 3.63) is 77.6 Å². The van der Waals surface area contributed by atoms with Gasteiger partial charge in [0, 0.05) is 16.5 Å². The molecule has 0 aliphatic carbocycles. The zero-order chi connectivity index (χ0) is 14.4. The second-order valence-corrected chi connectivity index (χ2v) is 5.35. The summed E-state index contributed by atoms with van der Waals surface area (Å²) in [7, 11) is 0. The molecule has 1 nitrogen and oxygen atoms in total. The Kier molecular flexibility index (Phi) is 2.72. The average Bonchev–Trinajstić information content (AvgIpc) is 2.88. The lowest BCUT2D eigenvalue weighted by molar-refractivity contribution is 0.635. The van der Waals surface area contributed by atoms with Crippen molar-refractivity contribution in [2.24, 2.45) is 0 Å². The molecule has 0 amide bonds. The van der Waals surface area contributed by atoms with E-state index >= 15 is 0 Å². The van der Waals surface area contributed by atoms with Crippen LogP contribution in [0.15, 0.2) is 66.7 Å². The number of benzene rings is 3. The maximum absolute atomic E-state index is 14.5. The first-order valence-corrected chi connectivity index (χ1v) is 7.08. The largest absolute Gasteiger partial charge is 0.306 e. The first-order valence-electron chi connectivity index (χ1n) is 6.70. The van der Waals surface area contributed by atoms with Gasteiger partial charge in [-0.3, -0.25) is 0 Å². The smallest absolute Gasteiger partial charge is 0.147 e. The molecule has 3 aromatic carbocycles. The van der Waals surface area contributed by atoms with Crippen LogP contribution in [0.4, 0.5) is 4.39 Å². The van der Waals surface area contributed by atoms with E-state index < -0.39 is 0 Å². The Labute approximate surface area is 126 Å². The lowest BCUT2D eigenvalue weighted by atomic mass is 10.1. The molecule has 4 aromatic rings. The Hall–Kier alpha value is -2.32. The van der Waals surface area contributed by atoms with Crippen LogP contribution in [-0.4, -0.2) is 4.57 Å². The summed E-state index contributed by atoms with van der Waals surface area (Å²) in [6.07, 6.45) is 0. The number of nitrogens with zero attached hydrogens (tertiary/aromatic N) is 1. The van der Waals surface area contributed by atoms with Crippen molar-refractivity contribution in [2.45, 2.75) is 0 Å². The normalized spacial score (nSPS) is 11.3. The van der Waals surface area contributed by atoms with E-state index in [-0.39, 0.29) is 5.82 Å². The molecule has 3 heteroatoms. The second-order valence-electron chi connectivity index (χ2n) is 4.94. The molecule has 0 fully saturated rings. The number of halogens is 2. The van der Waals surface area contributed by atoms with Crippen molar-refractivity contribution >= 4 is 33.4 Å². The summed E-state index contributed by atoms with van der Waals surface area (Å²) in [6.45, 7) is 0. The highest BCUT2D eigenvalue weighted by Gasteiger charge is 2.17. The van der Waals surface area contributed by atoms with E-state index in [9.17, 15) is 4.39 Å². The number of fused-ring (bicyclic) bond motifs is 3. The molecule has 0 aliphatic heterocycles. The van der Waals surface area contributed by atoms with E-state index in [1.165, 1.54) is 6.07 Å². The van der Waals surface area contributed by atoms with Gasteiger partial charge in [-0.2, -0.15) is 0 Å². The molecule has 21 heavy (non-hydrogen) atoms. The minimum absolute atomic E-state index is 0.269. The average molecular weight is 296 g/mol. The van der Waals surface area contributed by atoms with Gasteiger partial charge in [0.15, 0.2) is 0 Å². The van der Waals surface area contributed by atoms with Crippen LogP contribution in [0.2, 0.25) is 5.02 Å². The van der Waals surface area contributed by atoms with Crippen LogP contribution < -0.4 is 0 Å². The number of aromatic nitrogens is 1. The fraction of sp³-hybridized carbons (Fsp3) is 0. The van der Waals surface area contributed by atoms with Gasteiger partial charge in [-0.1, -0.05) is 48.0 Å². The van der Waals surface area contributed by atoms with Crippen molar-refractivity contribution in [1.29, 1.82) is 0 Å². The quantitative estimate of drug-likeness (QED) is 0.432. The number of rotatable bonds is 1. The van der Waals surface area contributed by atoms with Crippen molar-refractivity contribution in [3.8, 4) is 5.69 Å². The Morgan fingerprint density at radius 1 is 0.810 bits per heavy atom. The van der Waals surface area contributed by atoms with Crippen molar-refractivity contribution in [3.63, 3.8) is 0 Å². The van der Waals surface area contributed by atoms with Crippen molar-refractivity contribution < 1.29 is 4.39 Å². The lowest BCUT2D eigenvalue weighted by Gasteiger charge is -2.08. The van der Waals surface area contributed by atoms with Crippen LogP contribution in [0.1, 0.15) is 0 Å². The van der Waals surface area contributed by atoms with E-state index in [0.29, 0.717) is 10.5 Å². The first-order chi connectivity index (χ1) is 10.3. The molecule has 1 aromatic heterocycles. The third-order valence-corrected chi connectivity index (χ3v) is 4.05. The molecule has 0 saturated heterocycles. The van der Waals surface area contributed by atoms with E-state index in [1.54, 1.807) is 6.07 Å². The SMILES string of the molecule is Fc1ccc(Cl)c2c3ccccc3n(-c3ccccc3)c12. The molecule has 0 bridgehead atoms. The zero-order valence-electron chi connectivity index (χ0n) is 11.1. The van der Waals surface area contributed by atoms with Crippen LogP contribution in [0.25, 0.3) is 27.5 Å². The van der Waals surface area contributed by atoms with E-state index in [2.05, 4.69) is 0 Å². The summed E-state index contributed by atoms with van der Waals surface area (Å²) in [4.78, 5) is 0. The third-order valence-electron chi connectivity index (χ3n) is 3.73. The highest BCUT2D eigenvalue weighted by Crippen LogP contribution is 2.37. The Balaban J connectivity index is 2.30. The fourth-order valence-corrected chi connectivity index (χ4v) is 3.12. The summed E-state index contributed by atoms with van der Waals surface area (Å²) >= 11 is 6.33. The maximum Gasteiger partial charge on any atom is 0.147 e. The molecule has 4 rings (SSSR count). The van der Waals surface area contributed by atoms with Crippen LogP contribution in [0.3, 0.4) is 0 Å². The molecule has 0 atom stereocenters. The number of hydrogen-bond donors (Lipinski definition) is 0. The predicted octanol–water partition coefficient (Wildman–Crippen LogP) is 5.58. The van der Waals surface area contributed by atoms with Gasteiger partial charge in [-0.05, 0) is 30.3 Å². The minimum atomic E-state index is -0.269. The van der Waals surface area contributed by atoms with Gasteiger partial charge in [-0.15, -0.1) is 0 Å². The summed E-state index contributed by atoms with van der Waals surface area (Å²) < 4.78 is 16.4. The zero-order valence-corrected chi connectivity index (χ0v) is 11.8. The molecular formula is C18H11ClFN. The monoisotopic (exact) mass is 295 g/mol.